The molecule has 0 saturated heterocycles. The van der Waals surface area contributed by atoms with E-state index in [1.54, 1.807) is 0 Å². The number of aliphatic hydroxyl groups excluding tert-OH is 1. The van der Waals surface area contributed by atoms with Gasteiger partial charge in [0.1, 0.15) is 0 Å². The molecule has 0 aromatic heterocycles. The third kappa shape index (κ3) is 6.10. The van der Waals surface area contributed by atoms with Gasteiger partial charge >= 0.3 is 0 Å². The second kappa shape index (κ2) is 9.00. The number of nitrogens with one attached hydrogen (secondary N) is 1. The third-order valence-corrected chi connectivity index (χ3v) is 4.57. The molecule has 0 atom stereocenters. The van der Waals surface area contributed by atoms with E-state index in [0.717, 1.165) is 25.8 Å². The average molecular weight is 325 g/mol. The molecule has 0 saturated carbocycles. The van der Waals surface area contributed by atoms with E-state index < -0.39 is 0 Å². The molecule has 2 aromatic carbocycles. The molecule has 0 amide bonds. The predicted molar refractivity (Wildman–Crippen MR) is 103 cm³/mol. The van der Waals surface area contributed by atoms with E-state index in [1.807, 2.05) is 13.8 Å². The standard InChI is InChI=1S/C22H31NO/c1-18-8-4-5-10-21(18)16-20-13-11-19(12-14-20)9-6-7-15-23-22(2,3)17-24/h4-5,8,10-14,23-24H,6-7,9,15-17H2,1-3H3. The van der Waals surface area contributed by atoms with Crippen LogP contribution < -0.4 is 5.32 Å². The highest BCUT2D eigenvalue weighted by atomic mass is 16.3. The fourth-order valence-corrected chi connectivity index (χ4v) is 2.79. The highest BCUT2D eigenvalue weighted by Crippen LogP contribution is 2.15. The fourth-order valence-electron chi connectivity index (χ4n) is 2.79. The molecule has 0 aliphatic heterocycles. The number of aryl methyl sites for hydroxylation is 2. The quantitative estimate of drug-likeness (QED) is 0.675. The molecule has 0 spiro atoms. The van der Waals surface area contributed by atoms with Crippen molar-refractivity contribution in [1.29, 1.82) is 0 Å². The summed E-state index contributed by atoms with van der Waals surface area (Å²) in [5.41, 5.74) is 5.38. The van der Waals surface area contributed by atoms with Crippen LogP contribution >= 0.6 is 0 Å². The summed E-state index contributed by atoms with van der Waals surface area (Å²) >= 11 is 0. The van der Waals surface area contributed by atoms with Gasteiger partial charge in [0.25, 0.3) is 0 Å². The van der Waals surface area contributed by atoms with Crippen molar-refractivity contribution in [3.8, 4) is 0 Å². The topological polar surface area (TPSA) is 32.3 Å². The average Bonchev–Trinajstić information content (AvgIpc) is 2.58. The van der Waals surface area contributed by atoms with Crippen LogP contribution in [0.5, 0.6) is 0 Å². The van der Waals surface area contributed by atoms with Crippen molar-refractivity contribution in [3.63, 3.8) is 0 Å². The molecule has 2 N–H and O–H groups in total. The maximum absolute atomic E-state index is 9.21. The zero-order chi connectivity index (χ0) is 17.4. The summed E-state index contributed by atoms with van der Waals surface area (Å²) in [6.07, 6.45) is 4.43. The number of benzene rings is 2. The van der Waals surface area contributed by atoms with Crippen molar-refractivity contribution in [2.75, 3.05) is 13.2 Å². The molecule has 0 aliphatic carbocycles. The lowest BCUT2D eigenvalue weighted by Crippen LogP contribution is -2.43. The Morgan fingerprint density at radius 3 is 2.25 bits per heavy atom. The van der Waals surface area contributed by atoms with Crippen molar-refractivity contribution < 1.29 is 5.11 Å². The molecule has 0 radical (unpaired) electrons. The molecule has 130 valence electrons. The van der Waals surface area contributed by atoms with Gasteiger partial charge in [-0.15, -0.1) is 0 Å². The first-order valence-corrected chi connectivity index (χ1v) is 8.98. The number of rotatable bonds is 9. The first-order valence-electron chi connectivity index (χ1n) is 8.98. The summed E-state index contributed by atoms with van der Waals surface area (Å²) in [6.45, 7) is 7.37. The summed E-state index contributed by atoms with van der Waals surface area (Å²) in [5, 5.41) is 12.6. The van der Waals surface area contributed by atoms with Crippen LogP contribution in [-0.2, 0) is 12.8 Å². The minimum atomic E-state index is -0.169. The Balaban J connectivity index is 1.75. The lowest BCUT2D eigenvalue weighted by molar-refractivity contribution is 0.188. The SMILES string of the molecule is Cc1ccccc1Cc1ccc(CCCCNC(C)(C)CO)cc1. The van der Waals surface area contributed by atoms with Crippen LogP contribution in [0.2, 0.25) is 0 Å². The van der Waals surface area contributed by atoms with E-state index in [-0.39, 0.29) is 12.1 Å². The molecule has 2 rings (SSSR count). The van der Waals surface area contributed by atoms with Gasteiger partial charge in [0.05, 0.1) is 6.61 Å². The minimum Gasteiger partial charge on any atom is -0.394 e. The molecule has 0 bridgehead atoms. The Morgan fingerprint density at radius 1 is 0.917 bits per heavy atom. The Bertz CT molecular complexity index is 616. The van der Waals surface area contributed by atoms with Crippen molar-refractivity contribution in [3.05, 3.63) is 70.8 Å². The van der Waals surface area contributed by atoms with Crippen molar-refractivity contribution in [1.82, 2.24) is 5.32 Å². The van der Waals surface area contributed by atoms with Gasteiger partial charge in [-0.2, -0.15) is 0 Å². The second-order valence-electron chi connectivity index (χ2n) is 7.35. The summed E-state index contributed by atoms with van der Waals surface area (Å²) in [5.74, 6) is 0. The van der Waals surface area contributed by atoms with Crippen LogP contribution in [-0.4, -0.2) is 23.8 Å². The molecular weight excluding hydrogens is 294 g/mol. The highest BCUT2D eigenvalue weighted by molar-refractivity contribution is 5.33. The molecule has 2 aromatic rings. The van der Waals surface area contributed by atoms with Crippen LogP contribution in [0.1, 0.15) is 48.9 Å². The Labute approximate surface area is 146 Å². The molecule has 24 heavy (non-hydrogen) atoms. The van der Waals surface area contributed by atoms with Crippen molar-refractivity contribution in [2.24, 2.45) is 0 Å². The van der Waals surface area contributed by atoms with E-state index in [2.05, 4.69) is 60.8 Å². The summed E-state index contributed by atoms with van der Waals surface area (Å²) in [7, 11) is 0. The maximum atomic E-state index is 9.21. The van der Waals surface area contributed by atoms with Gasteiger partial charge in [-0.25, -0.2) is 0 Å². The first kappa shape index (κ1) is 18.7. The lowest BCUT2D eigenvalue weighted by Gasteiger charge is -2.23. The van der Waals surface area contributed by atoms with Crippen LogP contribution in [0.25, 0.3) is 0 Å². The Kier molecular flexibility index (Phi) is 7.01. The normalized spacial score (nSPS) is 11.7. The van der Waals surface area contributed by atoms with E-state index >= 15 is 0 Å². The lowest BCUT2D eigenvalue weighted by atomic mass is 9.99. The van der Waals surface area contributed by atoms with E-state index in [4.69, 9.17) is 0 Å². The number of unbranched alkanes of at least 4 members (excludes halogenated alkanes) is 1. The number of hydrogen-bond acceptors (Lipinski definition) is 2. The van der Waals surface area contributed by atoms with Crippen molar-refractivity contribution in [2.45, 2.75) is 52.0 Å². The van der Waals surface area contributed by atoms with E-state index in [1.165, 1.54) is 28.7 Å². The Morgan fingerprint density at radius 2 is 1.58 bits per heavy atom. The van der Waals surface area contributed by atoms with Crippen LogP contribution in [0.4, 0.5) is 0 Å². The molecule has 0 heterocycles. The van der Waals surface area contributed by atoms with E-state index in [9.17, 15) is 5.11 Å². The largest absolute Gasteiger partial charge is 0.394 e. The summed E-state index contributed by atoms with van der Waals surface area (Å²) < 4.78 is 0. The highest BCUT2D eigenvalue weighted by Gasteiger charge is 2.13. The Hall–Kier alpha value is -1.64. The van der Waals surface area contributed by atoms with Crippen LogP contribution in [0.15, 0.2) is 48.5 Å². The zero-order valence-corrected chi connectivity index (χ0v) is 15.3. The first-order chi connectivity index (χ1) is 11.5. The van der Waals surface area contributed by atoms with Gasteiger partial charge in [-0.05, 0) is 75.3 Å². The van der Waals surface area contributed by atoms with Gasteiger partial charge < -0.3 is 10.4 Å². The second-order valence-corrected chi connectivity index (χ2v) is 7.35. The monoisotopic (exact) mass is 325 g/mol. The van der Waals surface area contributed by atoms with Gasteiger partial charge in [0, 0.05) is 5.54 Å². The smallest absolute Gasteiger partial charge is 0.0607 e. The molecule has 2 heteroatoms. The third-order valence-electron chi connectivity index (χ3n) is 4.57. The molecule has 0 fully saturated rings. The molecule has 0 aliphatic rings. The summed E-state index contributed by atoms with van der Waals surface area (Å²) in [6, 6.07) is 17.6. The maximum Gasteiger partial charge on any atom is 0.0607 e. The van der Waals surface area contributed by atoms with Gasteiger partial charge in [0.2, 0.25) is 0 Å². The summed E-state index contributed by atoms with van der Waals surface area (Å²) in [4.78, 5) is 0. The molecule has 2 nitrogen and oxygen atoms in total. The fraction of sp³-hybridized carbons (Fsp3) is 0.455. The predicted octanol–water partition coefficient (Wildman–Crippen LogP) is 4.27. The van der Waals surface area contributed by atoms with Crippen LogP contribution in [0, 0.1) is 6.92 Å². The molecule has 0 unspecified atom stereocenters. The zero-order valence-electron chi connectivity index (χ0n) is 15.3. The number of aliphatic hydroxyl groups is 1. The minimum absolute atomic E-state index is 0.169. The van der Waals surface area contributed by atoms with Crippen molar-refractivity contribution >= 4 is 0 Å². The van der Waals surface area contributed by atoms with Crippen LogP contribution in [0.3, 0.4) is 0 Å². The van der Waals surface area contributed by atoms with Gasteiger partial charge in [-0.3, -0.25) is 0 Å². The van der Waals surface area contributed by atoms with Gasteiger partial charge in [-0.1, -0.05) is 48.5 Å². The van der Waals surface area contributed by atoms with Gasteiger partial charge in [0.15, 0.2) is 0 Å². The van der Waals surface area contributed by atoms with E-state index in [0.29, 0.717) is 0 Å². The molecular formula is C22H31NO. The number of hydrogen-bond donors (Lipinski definition) is 2.